The molecule has 0 aliphatic carbocycles. The average Bonchev–Trinajstić information content (AvgIpc) is 2.90. The highest BCUT2D eigenvalue weighted by Gasteiger charge is 2.00. The third-order valence-electron chi connectivity index (χ3n) is 2.89. The number of nitrogens with zero attached hydrogens (tertiary/aromatic N) is 1. The fraction of sp³-hybridized carbons (Fsp3) is 0.667. The van der Waals surface area contributed by atoms with Gasteiger partial charge in [0.25, 0.3) is 0 Å². The van der Waals surface area contributed by atoms with Crippen molar-refractivity contribution in [1.29, 1.82) is 0 Å². The van der Waals surface area contributed by atoms with Gasteiger partial charge in [-0.3, -0.25) is 4.99 Å². The van der Waals surface area contributed by atoms with Crippen molar-refractivity contribution < 1.29 is 9.47 Å². The van der Waals surface area contributed by atoms with Gasteiger partial charge in [-0.25, -0.2) is 0 Å². The molecule has 120 valence electrons. The molecule has 1 rings (SSSR count). The lowest BCUT2D eigenvalue weighted by molar-refractivity contribution is 0.0689. The van der Waals surface area contributed by atoms with Crippen LogP contribution in [0.4, 0.5) is 0 Å². The Morgan fingerprint density at radius 3 is 2.71 bits per heavy atom. The van der Waals surface area contributed by atoms with E-state index in [1.165, 1.54) is 9.75 Å². The smallest absolute Gasteiger partial charge is 0.191 e. The van der Waals surface area contributed by atoms with E-state index in [0.29, 0.717) is 13.2 Å². The zero-order valence-electron chi connectivity index (χ0n) is 13.3. The number of nitrogens with one attached hydrogen (secondary N) is 2. The minimum atomic E-state index is 0.664. The van der Waals surface area contributed by atoms with Crippen molar-refractivity contribution >= 4 is 17.3 Å². The zero-order valence-corrected chi connectivity index (χ0v) is 14.1. The molecule has 6 heteroatoms. The van der Waals surface area contributed by atoms with Crippen LogP contribution in [-0.2, 0) is 16.0 Å². The van der Waals surface area contributed by atoms with Crippen LogP contribution in [0.5, 0.6) is 0 Å². The summed E-state index contributed by atoms with van der Waals surface area (Å²) in [5.41, 5.74) is 0. The Balaban J connectivity index is 2.04. The summed E-state index contributed by atoms with van der Waals surface area (Å²) >= 11 is 1.81. The van der Waals surface area contributed by atoms with Crippen LogP contribution in [-0.4, -0.2) is 46.5 Å². The van der Waals surface area contributed by atoms with E-state index < -0.39 is 0 Å². The van der Waals surface area contributed by atoms with E-state index in [1.54, 1.807) is 14.2 Å². The van der Waals surface area contributed by atoms with Crippen LogP contribution in [0.2, 0.25) is 0 Å². The zero-order chi connectivity index (χ0) is 15.3. The molecule has 5 nitrogen and oxygen atoms in total. The Kier molecular flexibility index (Phi) is 9.86. The molecule has 0 aliphatic rings. The minimum Gasteiger partial charge on any atom is -0.382 e. The molecule has 0 aliphatic heterocycles. The summed E-state index contributed by atoms with van der Waals surface area (Å²) < 4.78 is 10.3. The third-order valence-corrected chi connectivity index (χ3v) is 3.89. The van der Waals surface area contributed by atoms with E-state index in [2.05, 4.69) is 34.7 Å². The number of thiophene rings is 1. The lowest BCUT2D eigenvalue weighted by Crippen LogP contribution is -2.37. The summed E-state index contributed by atoms with van der Waals surface area (Å²) in [7, 11) is 3.48. The van der Waals surface area contributed by atoms with Gasteiger partial charge in [0.1, 0.15) is 0 Å². The molecule has 1 heterocycles. The first-order valence-corrected chi connectivity index (χ1v) is 8.14. The Bertz CT molecular complexity index is 407. The van der Waals surface area contributed by atoms with Gasteiger partial charge in [0.2, 0.25) is 0 Å². The van der Waals surface area contributed by atoms with Crippen molar-refractivity contribution in [2.45, 2.75) is 26.3 Å². The number of guanidine groups is 1. The van der Waals surface area contributed by atoms with Gasteiger partial charge in [-0.15, -0.1) is 11.3 Å². The molecule has 1 aromatic rings. The molecule has 1 aromatic heterocycles. The largest absolute Gasteiger partial charge is 0.382 e. The maximum absolute atomic E-state index is 5.42. The maximum Gasteiger partial charge on any atom is 0.191 e. The van der Waals surface area contributed by atoms with Gasteiger partial charge in [0, 0.05) is 37.1 Å². The number of aryl methyl sites for hydroxylation is 1. The molecule has 0 spiro atoms. The molecule has 0 radical (unpaired) electrons. The monoisotopic (exact) mass is 313 g/mol. The molecule has 0 bridgehead atoms. The maximum atomic E-state index is 5.42. The van der Waals surface area contributed by atoms with Crippen molar-refractivity contribution in [3.63, 3.8) is 0 Å². The summed E-state index contributed by atoms with van der Waals surface area (Å²) in [5, 5.41) is 6.63. The summed E-state index contributed by atoms with van der Waals surface area (Å²) in [5.74, 6) is 0.848. The van der Waals surface area contributed by atoms with Gasteiger partial charge in [0.15, 0.2) is 5.96 Å². The normalized spacial score (nSPS) is 11.7. The lowest BCUT2D eigenvalue weighted by Gasteiger charge is -2.11. The molecule has 0 saturated heterocycles. The third kappa shape index (κ3) is 8.70. The Morgan fingerprint density at radius 1 is 1.19 bits per heavy atom. The predicted octanol–water partition coefficient (Wildman–Crippen LogP) is 2.16. The number of methoxy groups -OCH3 is 1. The number of aliphatic imine (C=N–C) groups is 1. The highest BCUT2D eigenvalue weighted by molar-refractivity contribution is 7.11. The topological polar surface area (TPSA) is 54.9 Å². The quantitative estimate of drug-likeness (QED) is 0.395. The lowest BCUT2D eigenvalue weighted by atomic mass is 10.3. The van der Waals surface area contributed by atoms with E-state index in [9.17, 15) is 0 Å². The van der Waals surface area contributed by atoms with E-state index >= 15 is 0 Å². The van der Waals surface area contributed by atoms with E-state index in [1.807, 2.05) is 11.3 Å². The van der Waals surface area contributed by atoms with Crippen LogP contribution in [0.25, 0.3) is 0 Å². The molecule has 0 saturated carbocycles. The summed E-state index contributed by atoms with van der Waals surface area (Å²) in [6, 6.07) is 4.29. The van der Waals surface area contributed by atoms with E-state index in [0.717, 1.165) is 38.5 Å². The molecular weight excluding hydrogens is 286 g/mol. The molecule has 0 atom stereocenters. The highest BCUT2D eigenvalue weighted by Crippen LogP contribution is 2.14. The summed E-state index contributed by atoms with van der Waals surface area (Å²) in [6.45, 7) is 5.96. The fourth-order valence-corrected chi connectivity index (χ4v) is 2.58. The fourth-order valence-electron chi connectivity index (χ4n) is 1.75. The molecular formula is C15H27N3O2S. The SMILES string of the molecule is CN=C(NCCCCOCCOC)NCc1ccc(C)s1. The minimum absolute atomic E-state index is 0.664. The molecule has 2 N–H and O–H groups in total. The first-order valence-electron chi connectivity index (χ1n) is 7.32. The van der Waals surface area contributed by atoms with Crippen LogP contribution in [0.1, 0.15) is 22.6 Å². The van der Waals surface area contributed by atoms with Gasteiger partial charge >= 0.3 is 0 Å². The van der Waals surface area contributed by atoms with Crippen LogP contribution in [0.3, 0.4) is 0 Å². The Morgan fingerprint density at radius 2 is 2.05 bits per heavy atom. The van der Waals surface area contributed by atoms with E-state index in [-0.39, 0.29) is 0 Å². The average molecular weight is 313 g/mol. The first kappa shape index (κ1) is 17.9. The second-order valence-corrected chi connectivity index (χ2v) is 6.05. The Labute approximate surface area is 131 Å². The van der Waals surface area contributed by atoms with Crippen LogP contribution in [0, 0.1) is 6.92 Å². The number of hydrogen-bond donors (Lipinski definition) is 2. The number of ether oxygens (including phenoxy) is 2. The Hall–Kier alpha value is -1.11. The van der Waals surface area contributed by atoms with Crippen LogP contribution >= 0.6 is 11.3 Å². The number of unbranched alkanes of at least 4 members (excludes halogenated alkanes) is 1. The van der Waals surface area contributed by atoms with Crippen LogP contribution < -0.4 is 10.6 Å². The van der Waals surface area contributed by atoms with Crippen molar-refractivity contribution in [3.05, 3.63) is 21.9 Å². The first-order chi connectivity index (χ1) is 10.3. The van der Waals surface area contributed by atoms with Crippen molar-refractivity contribution in [2.75, 3.05) is 40.5 Å². The van der Waals surface area contributed by atoms with Gasteiger partial charge in [0.05, 0.1) is 19.8 Å². The number of hydrogen-bond acceptors (Lipinski definition) is 4. The molecule has 0 amide bonds. The second-order valence-electron chi connectivity index (χ2n) is 4.68. The highest BCUT2D eigenvalue weighted by atomic mass is 32.1. The second kappa shape index (κ2) is 11.5. The van der Waals surface area contributed by atoms with Gasteiger partial charge in [-0.2, -0.15) is 0 Å². The molecule has 0 aromatic carbocycles. The van der Waals surface area contributed by atoms with Crippen molar-refractivity contribution in [1.82, 2.24) is 10.6 Å². The molecule has 21 heavy (non-hydrogen) atoms. The molecule has 0 unspecified atom stereocenters. The van der Waals surface area contributed by atoms with Gasteiger partial charge in [-0.05, 0) is 31.9 Å². The van der Waals surface area contributed by atoms with E-state index in [4.69, 9.17) is 9.47 Å². The summed E-state index contributed by atoms with van der Waals surface area (Å²) in [6.07, 6.45) is 2.10. The van der Waals surface area contributed by atoms with Gasteiger partial charge in [-0.1, -0.05) is 0 Å². The molecule has 0 fully saturated rings. The standard InChI is InChI=1S/C15H27N3O2S/c1-13-6-7-14(21-13)12-18-15(16-2)17-8-4-5-9-20-11-10-19-3/h6-7H,4-5,8-12H2,1-3H3,(H2,16,17,18). The summed E-state index contributed by atoms with van der Waals surface area (Å²) in [4.78, 5) is 6.88. The van der Waals surface area contributed by atoms with Gasteiger partial charge < -0.3 is 20.1 Å². The predicted molar refractivity (Wildman–Crippen MR) is 89.2 cm³/mol. The van der Waals surface area contributed by atoms with Crippen molar-refractivity contribution in [3.8, 4) is 0 Å². The number of rotatable bonds is 10. The van der Waals surface area contributed by atoms with Crippen LogP contribution in [0.15, 0.2) is 17.1 Å². The van der Waals surface area contributed by atoms with Crippen molar-refractivity contribution in [2.24, 2.45) is 4.99 Å².